The van der Waals surface area contributed by atoms with Crippen molar-refractivity contribution in [1.82, 2.24) is 19.7 Å². The maximum atomic E-state index is 5.52. The smallest absolute Gasteiger partial charge is 0.140 e. The van der Waals surface area contributed by atoms with Gasteiger partial charge in [-0.2, -0.15) is 5.10 Å². The third kappa shape index (κ3) is 3.86. The molecule has 0 aliphatic rings. The maximum Gasteiger partial charge on any atom is 0.140 e. The van der Waals surface area contributed by atoms with Gasteiger partial charge >= 0.3 is 0 Å². The zero-order valence-corrected chi connectivity index (χ0v) is 10.9. The van der Waals surface area contributed by atoms with Gasteiger partial charge in [0.05, 0.1) is 11.5 Å². The van der Waals surface area contributed by atoms with Crippen molar-refractivity contribution in [3.8, 4) is 0 Å². The summed E-state index contributed by atoms with van der Waals surface area (Å²) in [6, 6.07) is 0.436. The third-order valence-corrected chi connectivity index (χ3v) is 2.73. The number of hydrogen-bond acceptors (Lipinski definition) is 4. The molecular formula is C10H19N5S. The molecule has 0 amide bonds. The molecule has 0 fully saturated rings. The molecule has 1 aromatic heterocycles. The summed E-state index contributed by atoms with van der Waals surface area (Å²) in [6.45, 7) is 5.93. The quantitative estimate of drug-likeness (QED) is 0.743. The Morgan fingerprint density at radius 1 is 1.62 bits per heavy atom. The summed E-state index contributed by atoms with van der Waals surface area (Å²) in [4.78, 5) is 7.05. The minimum absolute atomic E-state index is 0.436. The van der Waals surface area contributed by atoms with Crippen LogP contribution in [0.15, 0.2) is 6.33 Å². The minimum atomic E-state index is 0.436. The standard InChI is InChI=1S/C10H19N5S/c1-8(2)15(5-4-9(11)16)6-10-12-7-13-14(10)3/h7-8H,4-6H2,1-3H3,(H2,11,16). The predicted molar refractivity (Wildman–Crippen MR) is 68.0 cm³/mol. The number of rotatable bonds is 6. The van der Waals surface area contributed by atoms with Crippen molar-refractivity contribution < 1.29 is 0 Å². The molecule has 0 aliphatic heterocycles. The second-order valence-corrected chi connectivity index (χ2v) is 4.60. The van der Waals surface area contributed by atoms with E-state index in [1.54, 1.807) is 11.0 Å². The Kier molecular flexibility index (Phi) is 4.82. The molecule has 6 heteroatoms. The second kappa shape index (κ2) is 5.91. The molecule has 0 bridgehead atoms. The molecule has 1 heterocycles. The fraction of sp³-hybridized carbons (Fsp3) is 0.700. The van der Waals surface area contributed by atoms with E-state index in [-0.39, 0.29) is 0 Å². The fourth-order valence-electron chi connectivity index (χ4n) is 1.42. The van der Waals surface area contributed by atoms with E-state index in [0.29, 0.717) is 11.0 Å². The van der Waals surface area contributed by atoms with E-state index in [1.165, 1.54) is 0 Å². The van der Waals surface area contributed by atoms with Gasteiger partial charge in [-0.25, -0.2) is 4.98 Å². The van der Waals surface area contributed by atoms with Crippen LogP contribution in [0.1, 0.15) is 26.1 Å². The summed E-state index contributed by atoms with van der Waals surface area (Å²) < 4.78 is 1.79. The lowest BCUT2D eigenvalue weighted by molar-refractivity contribution is 0.211. The molecule has 2 N–H and O–H groups in total. The summed E-state index contributed by atoms with van der Waals surface area (Å²) >= 11 is 4.89. The van der Waals surface area contributed by atoms with Crippen LogP contribution in [0.5, 0.6) is 0 Å². The maximum absolute atomic E-state index is 5.52. The Bertz CT molecular complexity index is 347. The molecule has 1 rings (SSSR count). The average molecular weight is 241 g/mol. The first-order valence-corrected chi connectivity index (χ1v) is 5.76. The molecule has 0 spiro atoms. The SMILES string of the molecule is CC(C)N(CCC(N)=S)Cc1ncnn1C. The number of nitrogens with two attached hydrogens (primary N) is 1. The van der Waals surface area contributed by atoms with Crippen molar-refractivity contribution in [2.75, 3.05) is 6.54 Å². The number of nitrogens with zero attached hydrogens (tertiary/aromatic N) is 4. The molecule has 0 aromatic carbocycles. The van der Waals surface area contributed by atoms with Gasteiger partial charge in [-0.3, -0.25) is 9.58 Å². The van der Waals surface area contributed by atoms with Crippen LogP contribution in [0.25, 0.3) is 0 Å². The first kappa shape index (κ1) is 13.1. The zero-order valence-electron chi connectivity index (χ0n) is 10.1. The van der Waals surface area contributed by atoms with Crippen molar-refractivity contribution in [2.45, 2.75) is 32.9 Å². The molecule has 0 unspecified atom stereocenters. The molecule has 1 aromatic rings. The van der Waals surface area contributed by atoms with E-state index in [0.717, 1.165) is 25.3 Å². The van der Waals surface area contributed by atoms with Gasteiger partial charge in [0.2, 0.25) is 0 Å². The molecule has 0 atom stereocenters. The van der Waals surface area contributed by atoms with Gasteiger partial charge in [-0.05, 0) is 13.8 Å². The Morgan fingerprint density at radius 3 is 2.75 bits per heavy atom. The van der Waals surface area contributed by atoms with E-state index in [9.17, 15) is 0 Å². The van der Waals surface area contributed by atoms with Crippen LogP contribution in [0.4, 0.5) is 0 Å². The van der Waals surface area contributed by atoms with Gasteiger partial charge in [-0.15, -0.1) is 0 Å². The topological polar surface area (TPSA) is 60.0 Å². The van der Waals surface area contributed by atoms with Crippen LogP contribution in [0.3, 0.4) is 0 Å². The van der Waals surface area contributed by atoms with Gasteiger partial charge in [0.15, 0.2) is 0 Å². The van der Waals surface area contributed by atoms with Crippen molar-refractivity contribution in [3.63, 3.8) is 0 Å². The van der Waals surface area contributed by atoms with Crippen molar-refractivity contribution in [2.24, 2.45) is 12.8 Å². The Morgan fingerprint density at radius 2 is 2.31 bits per heavy atom. The van der Waals surface area contributed by atoms with Crippen molar-refractivity contribution in [3.05, 3.63) is 12.2 Å². The van der Waals surface area contributed by atoms with Crippen LogP contribution in [0, 0.1) is 0 Å². The molecule has 0 radical (unpaired) electrons. The molecule has 0 saturated carbocycles. The molecule has 5 nitrogen and oxygen atoms in total. The molecule has 16 heavy (non-hydrogen) atoms. The van der Waals surface area contributed by atoms with Crippen LogP contribution >= 0.6 is 12.2 Å². The average Bonchev–Trinajstić information content (AvgIpc) is 2.58. The monoisotopic (exact) mass is 241 g/mol. The minimum Gasteiger partial charge on any atom is -0.393 e. The molecule has 90 valence electrons. The van der Waals surface area contributed by atoms with Gasteiger partial charge in [-0.1, -0.05) is 12.2 Å². The van der Waals surface area contributed by atoms with E-state index in [2.05, 4.69) is 28.8 Å². The summed E-state index contributed by atoms with van der Waals surface area (Å²) in [7, 11) is 1.90. The van der Waals surface area contributed by atoms with Crippen LogP contribution in [0.2, 0.25) is 0 Å². The summed E-state index contributed by atoms with van der Waals surface area (Å²) in [5.41, 5.74) is 5.52. The molecular weight excluding hydrogens is 222 g/mol. The highest BCUT2D eigenvalue weighted by Gasteiger charge is 2.13. The lowest BCUT2D eigenvalue weighted by Gasteiger charge is -2.25. The fourth-order valence-corrected chi connectivity index (χ4v) is 1.51. The van der Waals surface area contributed by atoms with Gasteiger partial charge < -0.3 is 5.73 Å². The Labute approximate surface area is 102 Å². The normalized spacial score (nSPS) is 11.3. The zero-order chi connectivity index (χ0) is 12.1. The van der Waals surface area contributed by atoms with Crippen molar-refractivity contribution >= 4 is 17.2 Å². The highest BCUT2D eigenvalue weighted by molar-refractivity contribution is 7.80. The number of hydrogen-bond donors (Lipinski definition) is 1. The second-order valence-electron chi connectivity index (χ2n) is 4.08. The van der Waals surface area contributed by atoms with Crippen molar-refractivity contribution in [1.29, 1.82) is 0 Å². The number of aryl methyl sites for hydroxylation is 1. The summed E-state index contributed by atoms with van der Waals surface area (Å²) in [5, 5.41) is 4.05. The van der Waals surface area contributed by atoms with Gasteiger partial charge in [0, 0.05) is 26.1 Å². The predicted octanol–water partition coefficient (Wildman–Crippen LogP) is 0.702. The van der Waals surface area contributed by atoms with Crippen LogP contribution in [-0.2, 0) is 13.6 Å². The first-order chi connectivity index (χ1) is 7.50. The van der Waals surface area contributed by atoms with E-state index in [1.807, 2.05) is 7.05 Å². The Balaban J connectivity index is 2.58. The van der Waals surface area contributed by atoms with Crippen LogP contribution in [-0.4, -0.2) is 37.2 Å². The van der Waals surface area contributed by atoms with Gasteiger partial charge in [0.1, 0.15) is 12.2 Å². The first-order valence-electron chi connectivity index (χ1n) is 5.36. The van der Waals surface area contributed by atoms with Gasteiger partial charge in [0.25, 0.3) is 0 Å². The molecule has 0 saturated heterocycles. The number of thiocarbonyl (C=S) groups is 1. The Hall–Kier alpha value is -1.01. The van der Waals surface area contributed by atoms with Crippen LogP contribution < -0.4 is 5.73 Å². The summed E-state index contributed by atoms with van der Waals surface area (Å²) in [6.07, 6.45) is 2.31. The highest BCUT2D eigenvalue weighted by Crippen LogP contribution is 2.05. The molecule has 0 aliphatic carbocycles. The number of aromatic nitrogens is 3. The lowest BCUT2D eigenvalue weighted by Crippen LogP contribution is -2.34. The van der Waals surface area contributed by atoms with E-state index in [4.69, 9.17) is 18.0 Å². The van der Waals surface area contributed by atoms with E-state index < -0.39 is 0 Å². The summed E-state index contributed by atoms with van der Waals surface area (Å²) in [5.74, 6) is 0.955. The lowest BCUT2D eigenvalue weighted by atomic mass is 10.2. The largest absolute Gasteiger partial charge is 0.393 e. The highest BCUT2D eigenvalue weighted by atomic mass is 32.1. The van der Waals surface area contributed by atoms with E-state index >= 15 is 0 Å². The third-order valence-electron chi connectivity index (χ3n) is 2.53.